The van der Waals surface area contributed by atoms with Crippen molar-refractivity contribution in [1.29, 1.82) is 0 Å². The van der Waals surface area contributed by atoms with Crippen LogP contribution in [0.15, 0.2) is 24.3 Å². The molecule has 1 aromatic carbocycles. The van der Waals surface area contributed by atoms with Crippen molar-refractivity contribution in [3.05, 3.63) is 24.3 Å². The summed E-state index contributed by atoms with van der Waals surface area (Å²) >= 11 is 0. The van der Waals surface area contributed by atoms with Crippen LogP contribution in [-0.4, -0.2) is 11.9 Å². The molecule has 0 aliphatic heterocycles. The maximum Gasteiger partial charge on any atom is 0.227 e. The molecule has 106 valence electrons. The Morgan fingerprint density at radius 1 is 1.00 bits per heavy atom. The summed E-state index contributed by atoms with van der Waals surface area (Å²) in [6.07, 6.45) is 7.63. The minimum absolute atomic E-state index is 0.183. The van der Waals surface area contributed by atoms with Gasteiger partial charge in [0.2, 0.25) is 5.91 Å². The Kier molecular flexibility index (Phi) is 2.94. The number of carbonyl (C=O) groups excluding carboxylic acids is 1. The Balaban J connectivity index is 1.43. The van der Waals surface area contributed by atoms with Gasteiger partial charge in [-0.3, -0.25) is 4.79 Å². The molecule has 3 saturated carbocycles. The second-order valence-corrected chi connectivity index (χ2v) is 6.69. The number of benzene rings is 1. The summed E-state index contributed by atoms with van der Waals surface area (Å²) in [7, 11) is 0. The molecular weight excluding hydrogens is 248 g/mol. The number of hydrogen-bond acceptors (Lipinski definition) is 2. The fourth-order valence-electron chi connectivity index (χ4n) is 3.00. The van der Waals surface area contributed by atoms with E-state index >= 15 is 0 Å². The maximum atomic E-state index is 11.8. The summed E-state index contributed by atoms with van der Waals surface area (Å²) in [5.74, 6) is 2.21. The largest absolute Gasteiger partial charge is 0.382 e. The zero-order valence-electron chi connectivity index (χ0n) is 11.8. The van der Waals surface area contributed by atoms with Crippen LogP contribution in [0.2, 0.25) is 0 Å². The van der Waals surface area contributed by atoms with Gasteiger partial charge in [-0.05, 0) is 68.6 Å². The maximum absolute atomic E-state index is 11.8. The lowest BCUT2D eigenvalue weighted by atomic mass is 10.1. The third-order valence-electron chi connectivity index (χ3n) is 4.67. The third kappa shape index (κ3) is 2.82. The Bertz CT molecular complexity index is 503. The van der Waals surface area contributed by atoms with Gasteiger partial charge in [0.05, 0.1) is 0 Å². The van der Waals surface area contributed by atoms with E-state index in [2.05, 4.69) is 22.8 Å². The van der Waals surface area contributed by atoms with Crippen LogP contribution in [0.5, 0.6) is 0 Å². The monoisotopic (exact) mass is 270 g/mol. The van der Waals surface area contributed by atoms with Gasteiger partial charge in [-0.1, -0.05) is 6.07 Å². The molecule has 4 rings (SSSR count). The Hall–Kier alpha value is -1.51. The van der Waals surface area contributed by atoms with Gasteiger partial charge >= 0.3 is 0 Å². The normalized spacial score (nSPS) is 21.9. The predicted octanol–water partition coefficient (Wildman–Crippen LogP) is 3.64. The number of hydrogen-bond donors (Lipinski definition) is 2. The van der Waals surface area contributed by atoms with Crippen molar-refractivity contribution >= 4 is 17.3 Å². The molecule has 0 bridgehead atoms. The highest BCUT2D eigenvalue weighted by Crippen LogP contribution is 2.46. The number of carbonyl (C=O) groups is 1. The Morgan fingerprint density at radius 3 is 2.25 bits per heavy atom. The molecule has 3 aliphatic carbocycles. The molecule has 0 radical (unpaired) electrons. The first-order chi connectivity index (χ1) is 9.79. The van der Waals surface area contributed by atoms with Gasteiger partial charge in [-0.2, -0.15) is 0 Å². The fourth-order valence-corrected chi connectivity index (χ4v) is 3.00. The molecule has 0 unspecified atom stereocenters. The SMILES string of the molecule is O=C(Nc1cccc(NC(C2CC2)C2CC2)c1)C1CC1. The molecule has 1 amide bonds. The van der Waals surface area contributed by atoms with E-state index in [1.807, 2.05) is 12.1 Å². The van der Waals surface area contributed by atoms with Gasteiger partial charge in [0.15, 0.2) is 0 Å². The predicted molar refractivity (Wildman–Crippen MR) is 80.7 cm³/mol. The molecule has 1 aromatic rings. The fraction of sp³-hybridized carbons (Fsp3) is 0.588. The van der Waals surface area contributed by atoms with Crippen LogP contribution in [0, 0.1) is 17.8 Å². The summed E-state index contributed by atoms with van der Waals surface area (Å²) in [5.41, 5.74) is 2.08. The van der Waals surface area contributed by atoms with Gasteiger partial charge in [0, 0.05) is 23.3 Å². The number of rotatable bonds is 6. The van der Waals surface area contributed by atoms with Crippen molar-refractivity contribution in [3.63, 3.8) is 0 Å². The highest BCUT2D eigenvalue weighted by atomic mass is 16.2. The zero-order valence-corrected chi connectivity index (χ0v) is 11.8. The van der Waals surface area contributed by atoms with Crippen molar-refractivity contribution in [1.82, 2.24) is 0 Å². The third-order valence-corrected chi connectivity index (χ3v) is 4.67. The molecule has 0 aromatic heterocycles. The standard InChI is InChI=1S/C17H22N2O/c20-17(13-8-9-13)19-15-3-1-2-14(10-15)18-16(11-4-5-11)12-6-7-12/h1-3,10-13,16,18H,4-9H2,(H,19,20). The van der Waals surface area contributed by atoms with Crippen molar-refractivity contribution in [2.24, 2.45) is 17.8 Å². The molecule has 3 aliphatic rings. The van der Waals surface area contributed by atoms with Crippen molar-refractivity contribution in [2.45, 2.75) is 44.6 Å². The van der Waals surface area contributed by atoms with Crippen molar-refractivity contribution in [3.8, 4) is 0 Å². The molecule has 20 heavy (non-hydrogen) atoms. The molecular formula is C17H22N2O. The number of amides is 1. The summed E-state index contributed by atoms with van der Waals surface area (Å²) in [4.78, 5) is 11.8. The van der Waals surface area contributed by atoms with E-state index in [4.69, 9.17) is 0 Å². The molecule has 3 nitrogen and oxygen atoms in total. The van der Waals surface area contributed by atoms with Gasteiger partial charge in [-0.25, -0.2) is 0 Å². The minimum Gasteiger partial charge on any atom is -0.382 e. The Morgan fingerprint density at radius 2 is 1.65 bits per heavy atom. The molecule has 0 saturated heterocycles. The van der Waals surface area contributed by atoms with Crippen LogP contribution >= 0.6 is 0 Å². The summed E-state index contributed by atoms with van der Waals surface area (Å²) in [6.45, 7) is 0. The van der Waals surface area contributed by atoms with Crippen LogP contribution in [0.3, 0.4) is 0 Å². The van der Waals surface area contributed by atoms with E-state index in [1.165, 1.54) is 25.7 Å². The topological polar surface area (TPSA) is 41.1 Å². The van der Waals surface area contributed by atoms with Gasteiger partial charge in [0.1, 0.15) is 0 Å². The Labute approximate surface area is 120 Å². The second-order valence-electron chi connectivity index (χ2n) is 6.69. The number of anilines is 2. The van der Waals surface area contributed by atoms with Gasteiger partial charge < -0.3 is 10.6 Å². The summed E-state index contributed by atoms with van der Waals surface area (Å²) in [5, 5.41) is 6.74. The zero-order chi connectivity index (χ0) is 13.5. The lowest BCUT2D eigenvalue weighted by molar-refractivity contribution is -0.117. The molecule has 0 atom stereocenters. The summed E-state index contributed by atoms with van der Waals surface area (Å²) in [6, 6.07) is 8.86. The van der Waals surface area contributed by atoms with Crippen LogP contribution in [0.25, 0.3) is 0 Å². The van der Waals surface area contributed by atoms with Gasteiger partial charge in [-0.15, -0.1) is 0 Å². The molecule has 2 N–H and O–H groups in total. The average Bonchev–Trinajstić information content (AvgIpc) is 3.31. The van der Waals surface area contributed by atoms with Gasteiger partial charge in [0.25, 0.3) is 0 Å². The first-order valence-electron chi connectivity index (χ1n) is 7.97. The average molecular weight is 270 g/mol. The lowest BCUT2D eigenvalue weighted by Gasteiger charge is -2.19. The highest BCUT2D eigenvalue weighted by molar-refractivity contribution is 5.94. The minimum atomic E-state index is 0.183. The van der Waals surface area contributed by atoms with Crippen molar-refractivity contribution in [2.75, 3.05) is 10.6 Å². The van der Waals surface area contributed by atoms with Crippen LogP contribution in [0.1, 0.15) is 38.5 Å². The lowest BCUT2D eigenvalue weighted by Crippen LogP contribution is -2.24. The first-order valence-corrected chi connectivity index (χ1v) is 7.97. The quantitative estimate of drug-likeness (QED) is 0.828. The molecule has 3 heteroatoms. The van der Waals surface area contributed by atoms with Crippen LogP contribution in [-0.2, 0) is 4.79 Å². The van der Waals surface area contributed by atoms with E-state index in [-0.39, 0.29) is 11.8 Å². The molecule has 0 heterocycles. The van der Waals surface area contributed by atoms with E-state index in [0.29, 0.717) is 6.04 Å². The van der Waals surface area contributed by atoms with Crippen LogP contribution in [0.4, 0.5) is 11.4 Å². The molecule has 0 spiro atoms. The van der Waals surface area contributed by atoms with E-state index in [0.717, 1.165) is 36.1 Å². The van der Waals surface area contributed by atoms with E-state index < -0.39 is 0 Å². The molecule has 3 fully saturated rings. The number of nitrogens with one attached hydrogen (secondary N) is 2. The summed E-state index contributed by atoms with van der Waals surface area (Å²) < 4.78 is 0. The highest BCUT2D eigenvalue weighted by Gasteiger charge is 2.41. The first kappa shape index (κ1) is 12.2. The van der Waals surface area contributed by atoms with E-state index in [1.54, 1.807) is 0 Å². The van der Waals surface area contributed by atoms with Crippen LogP contribution < -0.4 is 10.6 Å². The van der Waals surface area contributed by atoms with E-state index in [9.17, 15) is 4.79 Å². The van der Waals surface area contributed by atoms with Crippen molar-refractivity contribution < 1.29 is 4.79 Å². The smallest absolute Gasteiger partial charge is 0.227 e. The second kappa shape index (κ2) is 4.80.